The fourth-order valence-corrected chi connectivity index (χ4v) is 6.68. The monoisotopic (exact) mass is 337 g/mol. The Morgan fingerprint density at radius 1 is 1.12 bits per heavy atom. The normalized spacial score (nSPS) is 38.3. The first-order valence-electron chi connectivity index (χ1n) is 10.4. The standard InChI is InChI=1S/C23H31NO/c1-22(2)15-25-21(24-22)14-23-12-5-8-20(23)19-10-9-16-6-3-4-7-17(16)18(19)11-13-23/h3-4,6-7,18-20H,5,8-15H2,1-2H3/t18-,19-,20+,23+/m1/s1. The van der Waals surface area contributed by atoms with Gasteiger partial charge in [-0.05, 0) is 86.7 Å². The van der Waals surface area contributed by atoms with Gasteiger partial charge in [-0.2, -0.15) is 0 Å². The highest BCUT2D eigenvalue weighted by Crippen LogP contribution is 2.62. The molecule has 1 aliphatic heterocycles. The quantitative estimate of drug-likeness (QED) is 0.697. The van der Waals surface area contributed by atoms with Gasteiger partial charge in [0.2, 0.25) is 0 Å². The molecule has 4 aliphatic rings. The van der Waals surface area contributed by atoms with Crippen LogP contribution in [0.1, 0.15) is 75.8 Å². The van der Waals surface area contributed by atoms with E-state index < -0.39 is 0 Å². The lowest BCUT2D eigenvalue weighted by atomic mass is 9.54. The van der Waals surface area contributed by atoms with Crippen molar-refractivity contribution in [3.05, 3.63) is 35.4 Å². The minimum atomic E-state index is -0.0128. The number of fused-ring (bicyclic) bond motifs is 5. The van der Waals surface area contributed by atoms with Crippen molar-refractivity contribution in [2.24, 2.45) is 22.2 Å². The lowest BCUT2D eigenvalue weighted by Gasteiger charge is -2.50. The molecule has 2 nitrogen and oxygen atoms in total. The summed E-state index contributed by atoms with van der Waals surface area (Å²) in [7, 11) is 0. The van der Waals surface area contributed by atoms with E-state index >= 15 is 0 Å². The van der Waals surface area contributed by atoms with E-state index in [9.17, 15) is 0 Å². The van der Waals surface area contributed by atoms with Crippen LogP contribution in [0.4, 0.5) is 0 Å². The van der Waals surface area contributed by atoms with Crippen molar-refractivity contribution in [3.63, 3.8) is 0 Å². The minimum absolute atomic E-state index is 0.0128. The van der Waals surface area contributed by atoms with Crippen molar-refractivity contribution < 1.29 is 4.74 Å². The van der Waals surface area contributed by atoms with E-state index in [0.29, 0.717) is 5.41 Å². The minimum Gasteiger partial charge on any atom is -0.478 e. The highest BCUT2D eigenvalue weighted by Gasteiger charge is 2.53. The first kappa shape index (κ1) is 15.9. The molecule has 0 spiro atoms. The third kappa shape index (κ3) is 2.55. The fourth-order valence-electron chi connectivity index (χ4n) is 6.68. The zero-order valence-electron chi connectivity index (χ0n) is 15.8. The molecule has 2 saturated carbocycles. The molecule has 0 amide bonds. The molecule has 0 N–H and O–H groups in total. The second kappa shape index (κ2) is 5.59. The second-order valence-electron chi connectivity index (χ2n) is 9.69. The Morgan fingerprint density at radius 3 is 2.84 bits per heavy atom. The van der Waals surface area contributed by atoms with Crippen molar-refractivity contribution >= 4 is 5.90 Å². The third-order valence-corrected chi connectivity index (χ3v) is 7.69. The number of aliphatic imine (C=N–C) groups is 1. The van der Waals surface area contributed by atoms with Crippen molar-refractivity contribution in [1.82, 2.24) is 0 Å². The van der Waals surface area contributed by atoms with Gasteiger partial charge in [-0.1, -0.05) is 30.7 Å². The number of benzene rings is 1. The molecule has 2 heteroatoms. The van der Waals surface area contributed by atoms with Crippen molar-refractivity contribution in [2.45, 2.75) is 76.7 Å². The van der Waals surface area contributed by atoms with Gasteiger partial charge in [-0.15, -0.1) is 0 Å². The average molecular weight is 338 g/mol. The summed E-state index contributed by atoms with van der Waals surface area (Å²) in [5.41, 5.74) is 3.77. The van der Waals surface area contributed by atoms with Crippen molar-refractivity contribution in [3.8, 4) is 0 Å². The molecular weight excluding hydrogens is 306 g/mol. The number of rotatable bonds is 2. The van der Waals surface area contributed by atoms with Crippen molar-refractivity contribution in [1.29, 1.82) is 0 Å². The Hall–Kier alpha value is -1.31. The Morgan fingerprint density at radius 2 is 2.00 bits per heavy atom. The van der Waals surface area contributed by atoms with Gasteiger partial charge in [0, 0.05) is 6.42 Å². The van der Waals surface area contributed by atoms with Crippen LogP contribution in [0.15, 0.2) is 29.3 Å². The lowest BCUT2D eigenvalue weighted by Crippen LogP contribution is -2.42. The van der Waals surface area contributed by atoms with Crippen LogP contribution in [0.3, 0.4) is 0 Å². The van der Waals surface area contributed by atoms with E-state index in [2.05, 4.69) is 38.1 Å². The maximum atomic E-state index is 6.02. The van der Waals surface area contributed by atoms with Crippen LogP contribution >= 0.6 is 0 Å². The summed E-state index contributed by atoms with van der Waals surface area (Å²) in [5.74, 6) is 3.64. The Labute approximate surface area is 152 Å². The van der Waals surface area contributed by atoms with Crippen LogP contribution in [0.5, 0.6) is 0 Å². The summed E-state index contributed by atoms with van der Waals surface area (Å²) < 4.78 is 6.02. The summed E-state index contributed by atoms with van der Waals surface area (Å²) in [6.07, 6.45) is 10.8. The molecule has 0 unspecified atom stereocenters. The Balaban J connectivity index is 1.43. The number of aryl methyl sites for hydroxylation is 1. The summed E-state index contributed by atoms with van der Waals surface area (Å²) >= 11 is 0. The van der Waals surface area contributed by atoms with E-state index in [0.717, 1.165) is 36.7 Å². The maximum Gasteiger partial charge on any atom is 0.184 e. The predicted octanol–water partition coefficient (Wildman–Crippen LogP) is 5.51. The van der Waals surface area contributed by atoms with Gasteiger partial charge in [0.25, 0.3) is 0 Å². The molecular formula is C23H31NO. The van der Waals surface area contributed by atoms with Crippen LogP contribution in [0.2, 0.25) is 0 Å². The topological polar surface area (TPSA) is 21.6 Å². The highest BCUT2D eigenvalue weighted by atomic mass is 16.5. The lowest BCUT2D eigenvalue weighted by molar-refractivity contribution is 0.0460. The molecule has 3 aliphatic carbocycles. The molecule has 5 rings (SSSR count). The van der Waals surface area contributed by atoms with Gasteiger partial charge >= 0.3 is 0 Å². The summed E-state index contributed by atoms with van der Waals surface area (Å²) in [6, 6.07) is 9.26. The van der Waals surface area contributed by atoms with E-state index in [1.54, 1.807) is 11.1 Å². The molecule has 1 heterocycles. The van der Waals surface area contributed by atoms with Gasteiger partial charge in [0.15, 0.2) is 5.90 Å². The van der Waals surface area contributed by atoms with E-state index in [4.69, 9.17) is 9.73 Å². The van der Waals surface area contributed by atoms with Crippen LogP contribution in [0, 0.1) is 17.3 Å². The molecule has 25 heavy (non-hydrogen) atoms. The first-order chi connectivity index (χ1) is 12.1. The van der Waals surface area contributed by atoms with E-state index in [1.165, 1.54) is 44.9 Å². The van der Waals surface area contributed by atoms with Gasteiger partial charge in [0.05, 0.1) is 5.54 Å². The second-order valence-corrected chi connectivity index (χ2v) is 9.69. The molecule has 1 aromatic rings. The van der Waals surface area contributed by atoms with Crippen LogP contribution < -0.4 is 0 Å². The molecule has 0 radical (unpaired) electrons. The van der Waals surface area contributed by atoms with Crippen LogP contribution in [0.25, 0.3) is 0 Å². The number of nitrogens with zero attached hydrogens (tertiary/aromatic N) is 1. The van der Waals surface area contributed by atoms with Crippen LogP contribution in [-0.2, 0) is 11.2 Å². The van der Waals surface area contributed by atoms with Gasteiger partial charge in [0.1, 0.15) is 6.61 Å². The molecule has 4 atom stereocenters. The van der Waals surface area contributed by atoms with E-state index in [-0.39, 0.29) is 5.54 Å². The maximum absolute atomic E-state index is 6.02. The smallest absolute Gasteiger partial charge is 0.184 e. The molecule has 0 saturated heterocycles. The largest absolute Gasteiger partial charge is 0.478 e. The number of ether oxygens (including phenoxy) is 1. The molecule has 0 bridgehead atoms. The van der Waals surface area contributed by atoms with E-state index in [1.807, 2.05) is 0 Å². The molecule has 1 aromatic carbocycles. The first-order valence-corrected chi connectivity index (χ1v) is 10.4. The predicted molar refractivity (Wildman–Crippen MR) is 102 cm³/mol. The number of hydrogen-bond donors (Lipinski definition) is 0. The zero-order chi connectivity index (χ0) is 17.1. The molecule has 2 fully saturated rings. The highest BCUT2D eigenvalue weighted by molar-refractivity contribution is 5.79. The zero-order valence-corrected chi connectivity index (χ0v) is 15.8. The Kier molecular flexibility index (Phi) is 3.56. The Bertz CT molecular complexity index is 706. The van der Waals surface area contributed by atoms with Gasteiger partial charge < -0.3 is 4.74 Å². The molecule has 134 valence electrons. The van der Waals surface area contributed by atoms with Gasteiger partial charge in [-0.25, -0.2) is 4.99 Å². The fraction of sp³-hybridized carbons (Fsp3) is 0.696. The average Bonchev–Trinajstić information content (AvgIpc) is 3.17. The van der Waals surface area contributed by atoms with Crippen molar-refractivity contribution in [2.75, 3.05) is 6.61 Å². The van der Waals surface area contributed by atoms with Gasteiger partial charge in [-0.3, -0.25) is 0 Å². The summed E-state index contributed by atoms with van der Waals surface area (Å²) in [5, 5.41) is 0. The summed E-state index contributed by atoms with van der Waals surface area (Å²) in [4.78, 5) is 4.90. The SMILES string of the molecule is CC1(C)COC(C[C@@]23CCC[C@H]2[C@@H]2CCc4ccccc4[C@H]2CC3)=N1. The summed E-state index contributed by atoms with van der Waals surface area (Å²) in [6.45, 7) is 5.15. The third-order valence-electron chi connectivity index (χ3n) is 7.69. The number of hydrogen-bond acceptors (Lipinski definition) is 2. The molecule has 0 aromatic heterocycles. The van der Waals surface area contributed by atoms with Crippen LogP contribution in [-0.4, -0.2) is 18.0 Å².